The topological polar surface area (TPSA) is 53.6 Å². The Labute approximate surface area is 124 Å². The first-order valence-electron chi connectivity index (χ1n) is 6.71. The molecule has 2 N–H and O–H groups in total. The molecule has 1 fully saturated rings. The minimum absolute atomic E-state index is 0.0890. The largest absolute Gasteiger partial charge is 0.473 e. The minimum Gasteiger partial charge on any atom is -0.473 e. The van der Waals surface area contributed by atoms with Gasteiger partial charge < -0.3 is 20.3 Å². The Kier molecular flexibility index (Phi) is 5.09. The molecule has 0 spiro atoms. The van der Waals surface area contributed by atoms with Crippen LogP contribution in [0.3, 0.4) is 0 Å². The minimum atomic E-state index is -0.0890. The molecular formula is C14H20ClN3O2. The van der Waals surface area contributed by atoms with Crippen molar-refractivity contribution >= 4 is 17.6 Å². The second kappa shape index (κ2) is 6.81. The number of carbonyl (C=O) groups excluding carboxylic acids is 1. The van der Waals surface area contributed by atoms with Gasteiger partial charge in [0, 0.05) is 31.2 Å². The highest BCUT2D eigenvalue weighted by atomic mass is 35.5. The number of halogens is 1. The molecule has 0 aliphatic carbocycles. The Morgan fingerprint density at radius 1 is 1.35 bits per heavy atom. The van der Waals surface area contributed by atoms with Crippen LogP contribution in [0.15, 0.2) is 12.1 Å². The van der Waals surface area contributed by atoms with E-state index in [9.17, 15) is 4.79 Å². The summed E-state index contributed by atoms with van der Waals surface area (Å²) in [6.45, 7) is 7.15. The molecule has 0 saturated carbocycles. The third-order valence-electron chi connectivity index (χ3n) is 3.28. The van der Waals surface area contributed by atoms with Crippen LogP contribution in [0.2, 0.25) is 5.02 Å². The van der Waals surface area contributed by atoms with E-state index in [0.29, 0.717) is 5.75 Å². The maximum absolute atomic E-state index is 11.9. The predicted molar refractivity (Wildman–Crippen MR) is 79.4 cm³/mol. The Morgan fingerprint density at radius 3 is 2.55 bits per heavy atom. The van der Waals surface area contributed by atoms with Crippen LogP contribution < -0.4 is 15.4 Å². The molecule has 1 heterocycles. The van der Waals surface area contributed by atoms with Crippen LogP contribution in [0.5, 0.6) is 5.75 Å². The summed E-state index contributed by atoms with van der Waals surface area (Å²) < 4.78 is 5.55. The van der Waals surface area contributed by atoms with Crippen molar-refractivity contribution in [1.29, 1.82) is 0 Å². The van der Waals surface area contributed by atoms with Crippen LogP contribution in [0.4, 0.5) is 4.79 Å². The zero-order valence-corrected chi connectivity index (χ0v) is 12.6. The highest BCUT2D eigenvalue weighted by molar-refractivity contribution is 6.32. The summed E-state index contributed by atoms with van der Waals surface area (Å²) in [7, 11) is 0. The maximum atomic E-state index is 11.9. The SMILES string of the molecule is Cc1cc(OCNC(=O)N2CCNCC2)cc(C)c1Cl. The van der Waals surface area contributed by atoms with Crippen molar-refractivity contribution in [2.75, 3.05) is 32.9 Å². The summed E-state index contributed by atoms with van der Waals surface area (Å²) in [5.41, 5.74) is 1.94. The summed E-state index contributed by atoms with van der Waals surface area (Å²) in [6.07, 6.45) is 0. The number of carbonyl (C=O) groups is 1. The Balaban J connectivity index is 1.82. The lowest BCUT2D eigenvalue weighted by atomic mass is 10.1. The van der Waals surface area contributed by atoms with Gasteiger partial charge in [0.25, 0.3) is 0 Å². The fourth-order valence-electron chi connectivity index (χ4n) is 2.15. The van der Waals surface area contributed by atoms with Gasteiger partial charge in [-0.05, 0) is 37.1 Å². The lowest BCUT2D eigenvalue weighted by Gasteiger charge is -2.27. The van der Waals surface area contributed by atoms with Gasteiger partial charge in [0.1, 0.15) is 5.75 Å². The van der Waals surface area contributed by atoms with Crippen LogP contribution in [0, 0.1) is 13.8 Å². The summed E-state index contributed by atoms with van der Waals surface area (Å²) in [5.74, 6) is 0.713. The number of urea groups is 1. The number of hydrogen-bond donors (Lipinski definition) is 2. The van der Waals surface area contributed by atoms with Gasteiger partial charge in [-0.2, -0.15) is 0 Å². The molecule has 5 nitrogen and oxygen atoms in total. The van der Waals surface area contributed by atoms with Crippen molar-refractivity contribution in [3.63, 3.8) is 0 Å². The fourth-order valence-corrected chi connectivity index (χ4v) is 2.26. The van der Waals surface area contributed by atoms with Crippen LogP contribution in [-0.2, 0) is 0 Å². The van der Waals surface area contributed by atoms with Crippen LogP contribution in [0.25, 0.3) is 0 Å². The van der Waals surface area contributed by atoms with Gasteiger partial charge in [0.05, 0.1) is 0 Å². The third-order valence-corrected chi connectivity index (χ3v) is 3.87. The molecule has 0 unspecified atom stereocenters. The van der Waals surface area contributed by atoms with E-state index < -0.39 is 0 Å². The summed E-state index contributed by atoms with van der Waals surface area (Å²) in [5, 5.41) is 6.71. The number of rotatable bonds is 3. The molecule has 0 bridgehead atoms. The lowest BCUT2D eigenvalue weighted by molar-refractivity contribution is 0.178. The molecule has 1 aromatic rings. The van der Waals surface area contributed by atoms with Gasteiger partial charge in [0.15, 0.2) is 6.73 Å². The number of ether oxygens (including phenoxy) is 1. The Morgan fingerprint density at radius 2 is 1.95 bits per heavy atom. The molecule has 0 atom stereocenters. The molecule has 1 aliphatic heterocycles. The van der Waals surface area contributed by atoms with Crippen LogP contribution >= 0.6 is 11.6 Å². The maximum Gasteiger partial charge on any atom is 0.320 e. The molecule has 110 valence electrons. The number of benzene rings is 1. The highest BCUT2D eigenvalue weighted by Gasteiger charge is 2.15. The van der Waals surface area contributed by atoms with E-state index in [0.717, 1.165) is 42.3 Å². The van der Waals surface area contributed by atoms with Gasteiger partial charge in [-0.15, -0.1) is 0 Å². The molecule has 0 aromatic heterocycles. The molecular weight excluding hydrogens is 278 g/mol. The van der Waals surface area contributed by atoms with Gasteiger partial charge in [-0.25, -0.2) is 4.79 Å². The molecule has 0 radical (unpaired) electrons. The smallest absolute Gasteiger partial charge is 0.320 e. The van der Waals surface area contributed by atoms with Gasteiger partial charge in [-0.3, -0.25) is 0 Å². The monoisotopic (exact) mass is 297 g/mol. The van der Waals surface area contributed by atoms with Crippen molar-refractivity contribution in [2.45, 2.75) is 13.8 Å². The first kappa shape index (κ1) is 14.9. The number of nitrogens with one attached hydrogen (secondary N) is 2. The van der Waals surface area contributed by atoms with E-state index in [1.165, 1.54) is 0 Å². The lowest BCUT2D eigenvalue weighted by Crippen LogP contribution is -2.50. The molecule has 1 aliphatic rings. The summed E-state index contributed by atoms with van der Waals surface area (Å²) in [6, 6.07) is 3.65. The van der Waals surface area contributed by atoms with Crippen molar-refractivity contribution < 1.29 is 9.53 Å². The molecule has 20 heavy (non-hydrogen) atoms. The Bertz CT molecular complexity index is 464. The van der Waals surface area contributed by atoms with Crippen LogP contribution in [0.1, 0.15) is 11.1 Å². The van der Waals surface area contributed by atoms with Gasteiger partial charge >= 0.3 is 6.03 Å². The van der Waals surface area contributed by atoms with E-state index in [-0.39, 0.29) is 12.8 Å². The normalized spacial score (nSPS) is 15.1. The molecule has 6 heteroatoms. The number of piperazine rings is 1. The van der Waals surface area contributed by atoms with E-state index >= 15 is 0 Å². The number of hydrogen-bond acceptors (Lipinski definition) is 3. The van der Waals surface area contributed by atoms with Crippen molar-refractivity contribution in [3.05, 3.63) is 28.3 Å². The molecule has 1 saturated heterocycles. The first-order valence-corrected chi connectivity index (χ1v) is 7.09. The number of aryl methyl sites for hydroxylation is 2. The van der Waals surface area contributed by atoms with Gasteiger partial charge in [-0.1, -0.05) is 11.6 Å². The second-order valence-electron chi connectivity index (χ2n) is 4.88. The third kappa shape index (κ3) is 3.77. The van der Waals surface area contributed by atoms with E-state index in [4.69, 9.17) is 16.3 Å². The average molecular weight is 298 g/mol. The summed E-state index contributed by atoms with van der Waals surface area (Å²) >= 11 is 6.10. The van der Waals surface area contributed by atoms with Crippen LogP contribution in [-0.4, -0.2) is 43.8 Å². The zero-order valence-electron chi connectivity index (χ0n) is 11.8. The van der Waals surface area contributed by atoms with E-state index in [1.54, 1.807) is 4.90 Å². The van der Waals surface area contributed by atoms with Gasteiger partial charge in [0.2, 0.25) is 0 Å². The zero-order chi connectivity index (χ0) is 14.5. The average Bonchev–Trinajstić information content (AvgIpc) is 2.45. The number of nitrogens with zero attached hydrogens (tertiary/aromatic N) is 1. The first-order chi connectivity index (χ1) is 9.58. The van der Waals surface area contributed by atoms with Crippen molar-refractivity contribution in [1.82, 2.24) is 15.5 Å². The standard InChI is InChI=1S/C14H20ClN3O2/c1-10-7-12(8-11(2)13(10)15)20-9-17-14(19)18-5-3-16-4-6-18/h7-8,16H,3-6,9H2,1-2H3,(H,17,19). The summed E-state index contributed by atoms with van der Waals surface area (Å²) in [4.78, 5) is 13.6. The van der Waals surface area contributed by atoms with E-state index in [1.807, 2.05) is 26.0 Å². The molecule has 2 amide bonds. The Hall–Kier alpha value is -1.46. The highest BCUT2D eigenvalue weighted by Crippen LogP contribution is 2.25. The fraction of sp³-hybridized carbons (Fsp3) is 0.500. The number of amides is 2. The quantitative estimate of drug-likeness (QED) is 0.838. The van der Waals surface area contributed by atoms with E-state index in [2.05, 4.69) is 10.6 Å². The predicted octanol–water partition coefficient (Wildman–Crippen LogP) is 1.91. The molecule has 1 aromatic carbocycles. The molecule has 2 rings (SSSR count). The van der Waals surface area contributed by atoms with Crippen molar-refractivity contribution in [2.24, 2.45) is 0 Å². The second-order valence-corrected chi connectivity index (χ2v) is 5.26. The van der Waals surface area contributed by atoms with Crippen molar-refractivity contribution in [3.8, 4) is 5.75 Å².